The topological polar surface area (TPSA) is 122 Å². The van der Waals surface area contributed by atoms with E-state index in [0.29, 0.717) is 0 Å². The van der Waals surface area contributed by atoms with Crippen molar-refractivity contribution < 1.29 is 23.2 Å². The fraction of sp³-hybridized carbons (Fsp3) is 0.500. The molecule has 0 radical (unpaired) electrons. The van der Waals surface area contributed by atoms with E-state index in [2.05, 4.69) is 9.05 Å². The molecule has 0 aromatic heterocycles. The minimum atomic E-state index is -3.12. The van der Waals surface area contributed by atoms with Gasteiger partial charge in [-0.2, -0.15) is 0 Å². The van der Waals surface area contributed by atoms with Crippen molar-refractivity contribution in [3.63, 3.8) is 0 Å². The van der Waals surface area contributed by atoms with E-state index in [4.69, 9.17) is 11.5 Å². The first kappa shape index (κ1) is 11.1. The zero-order chi connectivity index (χ0) is 9.56. The van der Waals surface area contributed by atoms with Crippen LogP contribution in [0.25, 0.3) is 0 Å². The molecule has 8 heteroatoms. The molecule has 0 heterocycles. The number of carbonyl (C=O) groups is 2. The molecule has 4 N–H and O–H groups in total. The molecule has 0 aromatic carbocycles. The molecule has 0 bridgehead atoms. The van der Waals surface area contributed by atoms with Gasteiger partial charge in [0.25, 0.3) is 0 Å². The molecule has 0 unspecified atom stereocenters. The smallest absolute Gasteiger partial charge is 0.384 e. The largest absolute Gasteiger partial charge is 0.423 e. The Bertz CT molecular complexity index is 186. The molecule has 0 saturated carbocycles. The minimum Gasteiger partial charge on any atom is -0.384 e. The van der Waals surface area contributed by atoms with E-state index in [-0.39, 0.29) is 0 Å². The van der Waals surface area contributed by atoms with Crippen LogP contribution < -0.4 is 11.5 Å². The lowest BCUT2D eigenvalue weighted by Gasteiger charge is -2.02. The van der Waals surface area contributed by atoms with Crippen molar-refractivity contribution in [3.8, 4) is 0 Å². The van der Waals surface area contributed by atoms with Crippen molar-refractivity contribution in [2.24, 2.45) is 11.5 Å². The summed E-state index contributed by atoms with van der Waals surface area (Å²) in [5.41, 5.74) is 9.64. The first-order valence-electron chi connectivity index (χ1n) is 2.95. The third kappa shape index (κ3) is 4.84. The summed E-state index contributed by atoms with van der Waals surface area (Å²) in [4.78, 5) is 20.7. The molecule has 0 aliphatic heterocycles. The molecule has 7 nitrogen and oxygen atoms in total. The van der Waals surface area contributed by atoms with Crippen LogP contribution in [0.2, 0.25) is 0 Å². The van der Waals surface area contributed by atoms with Gasteiger partial charge in [0.05, 0.1) is 13.1 Å². The Kier molecular flexibility index (Phi) is 5.27. The lowest BCUT2D eigenvalue weighted by atomic mass is 10.7. The molecule has 0 fully saturated rings. The predicted molar refractivity (Wildman–Crippen MR) is 39.3 cm³/mol. The monoisotopic (exact) mass is 196 g/mol. The van der Waals surface area contributed by atoms with Gasteiger partial charge in [-0.25, -0.2) is 4.57 Å². The zero-order valence-electron chi connectivity index (χ0n) is 6.11. The lowest BCUT2D eigenvalue weighted by Crippen LogP contribution is -2.17. The van der Waals surface area contributed by atoms with Crippen LogP contribution in [0, 0.1) is 0 Å². The summed E-state index contributed by atoms with van der Waals surface area (Å²) in [5.74, 6) is -1.80. The van der Waals surface area contributed by atoms with Crippen molar-refractivity contribution in [1.82, 2.24) is 0 Å². The van der Waals surface area contributed by atoms with Gasteiger partial charge in [0.2, 0.25) is 0 Å². The summed E-state index contributed by atoms with van der Waals surface area (Å²) < 4.78 is 18.7. The Morgan fingerprint density at radius 3 is 1.67 bits per heavy atom. The van der Waals surface area contributed by atoms with Crippen molar-refractivity contribution in [2.75, 3.05) is 13.1 Å². The Balaban J connectivity index is 3.74. The Labute approximate surface area is 68.9 Å². The Hall–Kier alpha value is -0.910. The Morgan fingerprint density at radius 2 is 1.42 bits per heavy atom. The highest BCUT2D eigenvalue weighted by atomic mass is 31.1. The molecule has 0 amide bonds. The third-order valence-electron chi connectivity index (χ3n) is 0.728. The number of hydrogen-bond acceptors (Lipinski definition) is 7. The van der Waals surface area contributed by atoms with E-state index in [1.165, 1.54) is 0 Å². The summed E-state index contributed by atoms with van der Waals surface area (Å²) in [7, 11) is -3.12. The van der Waals surface area contributed by atoms with E-state index < -0.39 is 33.3 Å². The van der Waals surface area contributed by atoms with E-state index in [1.807, 2.05) is 0 Å². The van der Waals surface area contributed by atoms with Gasteiger partial charge >= 0.3 is 20.2 Å². The van der Waals surface area contributed by atoms with Crippen LogP contribution >= 0.6 is 8.25 Å². The molecule has 0 aliphatic rings. The SMILES string of the molecule is NCC(=O)O[PH](=O)OC(=O)CN. The standard InChI is InChI=1S/C4H9N2O5P/c5-1-3(7)10-12(9)11-4(8)2-6/h12H,1-2,5-6H2. The maximum absolute atomic E-state index is 10.6. The van der Waals surface area contributed by atoms with Gasteiger partial charge in [0, 0.05) is 0 Å². The normalized spacial score (nSPS) is 9.58. The highest BCUT2D eigenvalue weighted by Crippen LogP contribution is 2.23. The molecule has 0 saturated heterocycles. The molecule has 0 rings (SSSR count). The molecule has 12 heavy (non-hydrogen) atoms. The third-order valence-corrected chi connectivity index (χ3v) is 1.52. The highest BCUT2D eigenvalue weighted by molar-refractivity contribution is 7.34. The maximum Gasteiger partial charge on any atom is 0.423 e. The predicted octanol–water partition coefficient (Wildman–Crippen LogP) is -1.62. The fourth-order valence-electron chi connectivity index (χ4n) is 0.290. The second-order valence-electron chi connectivity index (χ2n) is 1.61. The van der Waals surface area contributed by atoms with Gasteiger partial charge in [-0.15, -0.1) is 0 Å². The van der Waals surface area contributed by atoms with Crippen molar-refractivity contribution in [3.05, 3.63) is 0 Å². The van der Waals surface area contributed by atoms with Gasteiger partial charge < -0.3 is 20.5 Å². The number of nitrogens with two attached hydrogens (primary N) is 2. The molecule has 0 aromatic rings. The van der Waals surface area contributed by atoms with Crippen LogP contribution in [-0.2, 0) is 23.2 Å². The van der Waals surface area contributed by atoms with Crippen LogP contribution in [0.15, 0.2) is 0 Å². The number of carbonyl (C=O) groups excluding carboxylic acids is 2. The second-order valence-corrected chi connectivity index (χ2v) is 2.51. The minimum absolute atomic E-state index is 0.420. The first-order valence-corrected chi connectivity index (χ1v) is 4.18. The second kappa shape index (κ2) is 5.70. The summed E-state index contributed by atoms with van der Waals surface area (Å²) in [6.07, 6.45) is 0. The zero-order valence-corrected chi connectivity index (χ0v) is 7.11. The summed E-state index contributed by atoms with van der Waals surface area (Å²) in [6.45, 7) is -0.840. The van der Waals surface area contributed by atoms with Crippen molar-refractivity contribution >= 4 is 20.2 Å². The summed E-state index contributed by atoms with van der Waals surface area (Å²) >= 11 is 0. The van der Waals surface area contributed by atoms with Crippen LogP contribution in [0.4, 0.5) is 0 Å². The number of hydrogen-bond donors (Lipinski definition) is 2. The summed E-state index contributed by atoms with van der Waals surface area (Å²) in [6, 6.07) is 0. The van der Waals surface area contributed by atoms with Gasteiger partial charge in [0.1, 0.15) is 0 Å². The average Bonchev–Trinajstić information content (AvgIpc) is 2.03. The van der Waals surface area contributed by atoms with Crippen LogP contribution in [0.1, 0.15) is 0 Å². The molecule has 70 valence electrons. The van der Waals surface area contributed by atoms with Crippen LogP contribution in [-0.4, -0.2) is 25.0 Å². The maximum atomic E-state index is 10.6. The van der Waals surface area contributed by atoms with Gasteiger partial charge in [-0.05, 0) is 0 Å². The highest BCUT2D eigenvalue weighted by Gasteiger charge is 2.09. The van der Waals surface area contributed by atoms with E-state index in [1.54, 1.807) is 0 Å². The fourth-order valence-corrected chi connectivity index (χ4v) is 0.870. The van der Waals surface area contributed by atoms with Gasteiger partial charge in [-0.1, -0.05) is 0 Å². The Morgan fingerprint density at radius 1 is 1.08 bits per heavy atom. The van der Waals surface area contributed by atoms with Crippen LogP contribution in [0.3, 0.4) is 0 Å². The van der Waals surface area contributed by atoms with Gasteiger partial charge in [0.15, 0.2) is 0 Å². The molecule has 0 atom stereocenters. The first-order chi connectivity index (χ1) is 5.60. The molecular weight excluding hydrogens is 187 g/mol. The van der Waals surface area contributed by atoms with Crippen molar-refractivity contribution in [2.45, 2.75) is 0 Å². The van der Waals surface area contributed by atoms with E-state index >= 15 is 0 Å². The molecule has 0 spiro atoms. The lowest BCUT2D eigenvalue weighted by molar-refractivity contribution is -0.136. The molecule has 0 aliphatic carbocycles. The number of rotatable bonds is 4. The van der Waals surface area contributed by atoms with E-state index in [0.717, 1.165) is 0 Å². The van der Waals surface area contributed by atoms with Crippen molar-refractivity contribution in [1.29, 1.82) is 0 Å². The van der Waals surface area contributed by atoms with E-state index in [9.17, 15) is 14.2 Å². The quantitative estimate of drug-likeness (QED) is 0.518. The molecular formula is C4H9N2O5P. The van der Waals surface area contributed by atoms with Gasteiger partial charge in [-0.3, -0.25) is 9.59 Å². The van der Waals surface area contributed by atoms with Crippen LogP contribution in [0.5, 0.6) is 0 Å². The average molecular weight is 196 g/mol. The summed E-state index contributed by atoms with van der Waals surface area (Å²) in [5, 5.41) is 0.